The first-order chi connectivity index (χ1) is 12.5. The number of carbonyl (C=O) groups is 1. The standard InChI is InChI=1S/C18H26N6O2/c1-14(2)13-26-18(25)23-9-4-8-22(11-12-23)16-5-6-17(20-19-16)24-10-7-15(3)21-24/h5-7,10,14H,4,8-9,11-13H2,1-3H3. The van der Waals surface area contributed by atoms with Gasteiger partial charge in [0.1, 0.15) is 0 Å². The minimum atomic E-state index is -0.226. The van der Waals surface area contributed by atoms with Crippen LogP contribution in [0, 0.1) is 12.8 Å². The predicted octanol–water partition coefficient (Wildman–Crippen LogP) is 2.28. The number of aryl methyl sites for hydroxylation is 1. The van der Waals surface area contributed by atoms with Gasteiger partial charge in [-0.05, 0) is 37.5 Å². The van der Waals surface area contributed by atoms with Crippen molar-refractivity contribution in [1.29, 1.82) is 0 Å². The molecule has 0 atom stereocenters. The molecule has 1 aliphatic heterocycles. The number of hydrogen-bond donors (Lipinski definition) is 0. The molecule has 1 amide bonds. The van der Waals surface area contributed by atoms with Gasteiger partial charge >= 0.3 is 6.09 Å². The van der Waals surface area contributed by atoms with Gasteiger partial charge in [0, 0.05) is 32.4 Å². The molecule has 0 radical (unpaired) electrons. The molecule has 140 valence electrons. The fourth-order valence-electron chi connectivity index (χ4n) is 2.81. The van der Waals surface area contributed by atoms with Gasteiger partial charge in [0.25, 0.3) is 0 Å². The highest BCUT2D eigenvalue weighted by molar-refractivity contribution is 5.67. The average molecular weight is 358 g/mol. The van der Waals surface area contributed by atoms with Crippen molar-refractivity contribution >= 4 is 11.9 Å². The Morgan fingerprint density at radius 1 is 1.12 bits per heavy atom. The number of carbonyl (C=O) groups excluding carboxylic acids is 1. The van der Waals surface area contributed by atoms with Crippen LogP contribution in [0.2, 0.25) is 0 Å². The number of anilines is 1. The first kappa shape index (κ1) is 18.2. The normalized spacial score (nSPS) is 15.2. The van der Waals surface area contributed by atoms with Crippen molar-refractivity contribution < 1.29 is 9.53 Å². The molecular formula is C18H26N6O2. The zero-order valence-corrected chi connectivity index (χ0v) is 15.6. The van der Waals surface area contributed by atoms with E-state index in [1.165, 1.54) is 0 Å². The van der Waals surface area contributed by atoms with Crippen molar-refractivity contribution in [1.82, 2.24) is 24.9 Å². The molecule has 0 aliphatic carbocycles. The van der Waals surface area contributed by atoms with E-state index >= 15 is 0 Å². The van der Waals surface area contributed by atoms with E-state index < -0.39 is 0 Å². The number of rotatable bonds is 4. The van der Waals surface area contributed by atoms with E-state index in [1.54, 1.807) is 9.58 Å². The lowest BCUT2D eigenvalue weighted by Gasteiger charge is -2.22. The van der Waals surface area contributed by atoms with Crippen LogP contribution in [-0.4, -0.2) is 63.8 Å². The highest BCUT2D eigenvalue weighted by Gasteiger charge is 2.21. The van der Waals surface area contributed by atoms with Gasteiger partial charge in [0.05, 0.1) is 12.3 Å². The first-order valence-corrected chi connectivity index (χ1v) is 9.06. The maximum Gasteiger partial charge on any atom is 0.409 e. The Morgan fingerprint density at radius 2 is 1.88 bits per heavy atom. The third kappa shape index (κ3) is 4.50. The minimum Gasteiger partial charge on any atom is -0.449 e. The Bertz CT molecular complexity index is 728. The van der Waals surface area contributed by atoms with Crippen LogP contribution < -0.4 is 4.90 Å². The summed E-state index contributed by atoms with van der Waals surface area (Å²) in [5.41, 5.74) is 0.938. The Labute approximate surface area is 153 Å². The van der Waals surface area contributed by atoms with Crippen LogP contribution in [-0.2, 0) is 4.74 Å². The molecule has 3 rings (SSSR count). The Hall–Kier alpha value is -2.64. The van der Waals surface area contributed by atoms with Crippen molar-refractivity contribution in [2.75, 3.05) is 37.7 Å². The van der Waals surface area contributed by atoms with Gasteiger partial charge < -0.3 is 14.5 Å². The van der Waals surface area contributed by atoms with Gasteiger partial charge in [-0.3, -0.25) is 0 Å². The third-order valence-corrected chi connectivity index (χ3v) is 4.21. The van der Waals surface area contributed by atoms with Crippen LogP contribution in [0.15, 0.2) is 24.4 Å². The molecule has 0 saturated carbocycles. The maximum absolute atomic E-state index is 12.1. The summed E-state index contributed by atoms with van der Waals surface area (Å²) in [6.07, 6.45) is 2.51. The molecule has 0 bridgehead atoms. The van der Waals surface area contributed by atoms with Gasteiger partial charge in [-0.15, -0.1) is 10.2 Å². The van der Waals surface area contributed by atoms with Gasteiger partial charge in [0.15, 0.2) is 11.6 Å². The van der Waals surface area contributed by atoms with Crippen LogP contribution in [0.4, 0.5) is 10.6 Å². The highest BCUT2D eigenvalue weighted by Crippen LogP contribution is 2.15. The number of nitrogens with zero attached hydrogens (tertiary/aromatic N) is 6. The van der Waals surface area contributed by atoms with Crippen molar-refractivity contribution in [3.63, 3.8) is 0 Å². The molecule has 1 aliphatic rings. The quantitative estimate of drug-likeness (QED) is 0.834. The van der Waals surface area contributed by atoms with E-state index in [1.807, 2.05) is 45.2 Å². The summed E-state index contributed by atoms with van der Waals surface area (Å²) >= 11 is 0. The van der Waals surface area contributed by atoms with Crippen molar-refractivity contribution in [2.45, 2.75) is 27.2 Å². The number of ether oxygens (including phenoxy) is 1. The molecule has 2 aromatic rings. The van der Waals surface area contributed by atoms with Crippen molar-refractivity contribution in [3.8, 4) is 5.82 Å². The molecule has 0 unspecified atom stereocenters. The number of aromatic nitrogens is 4. The molecule has 0 aromatic carbocycles. The predicted molar refractivity (Wildman–Crippen MR) is 98.5 cm³/mol. The zero-order chi connectivity index (χ0) is 18.5. The summed E-state index contributed by atoms with van der Waals surface area (Å²) in [5, 5.41) is 13.0. The smallest absolute Gasteiger partial charge is 0.409 e. The third-order valence-electron chi connectivity index (χ3n) is 4.21. The van der Waals surface area contributed by atoms with Crippen molar-refractivity contribution in [3.05, 3.63) is 30.1 Å². The Balaban J connectivity index is 1.59. The van der Waals surface area contributed by atoms with Crippen LogP contribution in [0.5, 0.6) is 0 Å². The lowest BCUT2D eigenvalue weighted by atomic mass is 10.2. The Morgan fingerprint density at radius 3 is 2.54 bits per heavy atom. The van der Waals surface area contributed by atoms with Gasteiger partial charge in [-0.2, -0.15) is 5.10 Å². The highest BCUT2D eigenvalue weighted by atomic mass is 16.6. The molecule has 2 aromatic heterocycles. The molecule has 26 heavy (non-hydrogen) atoms. The zero-order valence-electron chi connectivity index (χ0n) is 15.6. The summed E-state index contributed by atoms with van der Waals surface area (Å²) in [4.78, 5) is 16.1. The Kier molecular flexibility index (Phi) is 5.70. The summed E-state index contributed by atoms with van der Waals surface area (Å²) in [7, 11) is 0. The van der Waals surface area contributed by atoms with E-state index in [0.29, 0.717) is 38.0 Å². The largest absolute Gasteiger partial charge is 0.449 e. The molecule has 0 N–H and O–H groups in total. The average Bonchev–Trinajstić information content (AvgIpc) is 2.92. The van der Waals surface area contributed by atoms with E-state index in [4.69, 9.17) is 4.74 Å². The first-order valence-electron chi connectivity index (χ1n) is 9.06. The molecule has 1 saturated heterocycles. The summed E-state index contributed by atoms with van der Waals surface area (Å²) in [6.45, 7) is 9.33. The second-order valence-electron chi connectivity index (χ2n) is 6.95. The van der Waals surface area contributed by atoms with Crippen molar-refractivity contribution in [2.24, 2.45) is 5.92 Å². The molecule has 0 spiro atoms. The van der Waals surface area contributed by atoms with Crippen LogP contribution in [0.25, 0.3) is 5.82 Å². The van der Waals surface area contributed by atoms with E-state index in [-0.39, 0.29) is 6.09 Å². The number of hydrogen-bond acceptors (Lipinski definition) is 6. The van der Waals surface area contributed by atoms with Gasteiger partial charge in [-0.25, -0.2) is 9.48 Å². The van der Waals surface area contributed by atoms with Crippen LogP contribution in [0.1, 0.15) is 26.0 Å². The second kappa shape index (κ2) is 8.16. The SMILES string of the molecule is Cc1ccn(-c2ccc(N3CCCN(C(=O)OCC(C)C)CC3)nn2)n1. The fraction of sp³-hybridized carbons (Fsp3) is 0.556. The summed E-state index contributed by atoms with van der Waals surface area (Å²) in [6, 6.07) is 5.79. The van der Waals surface area contributed by atoms with E-state index in [0.717, 1.165) is 24.5 Å². The lowest BCUT2D eigenvalue weighted by Crippen LogP contribution is -2.36. The van der Waals surface area contributed by atoms with Gasteiger partial charge in [-0.1, -0.05) is 13.8 Å². The molecular weight excluding hydrogens is 332 g/mol. The van der Waals surface area contributed by atoms with Crippen LogP contribution >= 0.6 is 0 Å². The second-order valence-corrected chi connectivity index (χ2v) is 6.95. The lowest BCUT2D eigenvalue weighted by molar-refractivity contribution is 0.0943. The molecule has 8 nitrogen and oxygen atoms in total. The number of amides is 1. The van der Waals surface area contributed by atoms with E-state index in [2.05, 4.69) is 20.2 Å². The molecule has 3 heterocycles. The monoisotopic (exact) mass is 358 g/mol. The van der Waals surface area contributed by atoms with Crippen LogP contribution in [0.3, 0.4) is 0 Å². The maximum atomic E-state index is 12.1. The van der Waals surface area contributed by atoms with E-state index in [9.17, 15) is 4.79 Å². The minimum absolute atomic E-state index is 0.226. The summed E-state index contributed by atoms with van der Waals surface area (Å²) < 4.78 is 7.05. The molecule has 8 heteroatoms. The molecule has 1 fully saturated rings. The summed E-state index contributed by atoms with van der Waals surface area (Å²) in [5.74, 6) is 1.85. The topological polar surface area (TPSA) is 76.4 Å². The fourth-order valence-corrected chi connectivity index (χ4v) is 2.81. The van der Waals surface area contributed by atoms with Gasteiger partial charge in [0.2, 0.25) is 0 Å².